The number of halogens is 1. The summed E-state index contributed by atoms with van der Waals surface area (Å²) in [6.45, 7) is 5.47. The molecule has 0 radical (unpaired) electrons. The van der Waals surface area contributed by atoms with Gasteiger partial charge in [-0.2, -0.15) is 0 Å². The molecule has 3 rings (SSSR count). The van der Waals surface area contributed by atoms with Gasteiger partial charge in [-0.25, -0.2) is 0 Å². The van der Waals surface area contributed by atoms with Crippen LogP contribution in [0.2, 0.25) is 0 Å². The van der Waals surface area contributed by atoms with Crippen molar-refractivity contribution < 1.29 is 14.6 Å². The molecule has 0 bridgehead atoms. The van der Waals surface area contributed by atoms with Crippen molar-refractivity contribution in [3.63, 3.8) is 0 Å². The standard InChI is InChI=1S/C23H30BrNO3/c1-2-18-9-11-19(12-10-18)14-25(16-21-6-5-13-27-21)15-20(26)17-28-23-8-4-3-7-22(23)24/h3-4,7-12,20-21,26H,2,5-6,13-17H2,1H3. The van der Waals surface area contributed by atoms with Crippen LogP contribution in [0.25, 0.3) is 0 Å². The van der Waals surface area contributed by atoms with Crippen LogP contribution in [-0.4, -0.2) is 48.5 Å². The van der Waals surface area contributed by atoms with Gasteiger partial charge in [-0.05, 0) is 58.5 Å². The predicted octanol–water partition coefficient (Wildman–Crippen LogP) is 4.43. The largest absolute Gasteiger partial charge is 0.490 e. The Morgan fingerprint density at radius 1 is 1.18 bits per heavy atom. The molecule has 4 nitrogen and oxygen atoms in total. The van der Waals surface area contributed by atoms with E-state index < -0.39 is 6.10 Å². The van der Waals surface area contributed by atoms with E-state index in [1.807, 2.05) is 24.3 Å². The van der Waals surface area contributed by atoms with Crippen LogP contribution in [0.4, 0.5) is 0 Å². The van der Waals surface area contributed by atoms with Crippen molar-refractivity contribution >= 4 is 15.9 Å². The summed E-state index contributed by atoms with van der Waals surface area (Å²) in [6.07, 6.45) is 2.95. The lowest BCUT2D eigenvalue weighted by Gasteiger charge is -2.27. The van der Waals surface area contributed by atoms with E-state index in [0.29, 0.717) is 6.54 Å². The first-order valence-electron chi connectivity index (χ1n) is 10.1. The van der Waals surface area contributed by atoms with Gasteiger partial charge in [-0.1, -0.05) is 43.3 Å². The highest BCUT2D eigenvalue weighted by Crippen LogP contribution is 2.24. The van der Waals surface area contributed by atoms with Crippen molar-refractivity contribution in [1.82, 2.24) is 4.90 Å². The fourth-order valence-electron chi connectivity index (χ4n) is 3.52. The molecule has 2 unspecified atom stereocenters. The van der Waals surface area contributed by atoms with Gasteiger partial charge in [0.05, 0.1) is 10.6 Å². The summed E-state index contributed by atoms with van der Waals surface area (Å²) in [5, 5.41) is 10.6. The zero-order valence-electron chi connectivity index (χ0n) is 16.5. The molecule has 0 aliphatic carbocycles. The van der Waals surface area contributed by atoms with Crippen molar-refractivity contribution in [2.45, 2.75) is 44.9 Å². The van der Waals surface area contributed by atoms with Gasteiger partial charge < -0.3 is 14.6 Å². The van der Waals surface area contributed by atoms with E-state index in [-0.39, 0.29) is 12.7 Å². The summed E-state index contributed by atoms with van der Waals surface area (Å²) < 4.78 is 12.5. The first-order valence-corrected chi connectivity index (χ1v) is 10.9. The summed E-state index contributed by atoms with van der Waals surface area (Å²) in [6, 6.07) is 16.5. The Morgan fingerprint density at radius 3 is 2.61 bits per heavy atom. The maximum absolute atomic E-state index is 10.6. The highest BCUT2D eigenvalue weighted by atomic mass is 79.9. The molecule has 2 aromatic rings. The molecule has 2 atom stereocenters. The van der Waals surface area contributed by atoms with E-state index in [4.69, 9.17) is 9.47 Å². The van der Waals surface area contributed by atoms with Gasteiger partial charge in [0.15, 0.2) is 0 Å². The zero-order chi connectivity index (χ0) is 19.8. The fraction of sp³-hybridized carbons (Fsp3) is 0.478. The van der Waals surface area contributed by atoms with Crippen LogP contribution < -0.4 is 4.74 Å². The van der Waals surface area contributed by atoms with E-state index in [9.17, 15) is 5.11 Å². The SMILES string of the molecule is CCc1ccc(CN(CC(O)COc2ccccc2Br)CC2CCCO2)cc1. The van der Waals surface area contributed by atoms with Crippen molar-refractivity contribution in [2.75, 3.05) is 26.3 Å². The fourth-order valence-corrected chi connectivity index (χ4v) is 3.92. The average molecular weight is 448 g/mol. The van der Waals surface area contributed by atoms with E-state index in [2.05, 4.69) is 52.0 Å². The number of para-hydroxylation sites is 1. The molecule has 1 aliphatic heterocycles. The lowest BCUT2D eigenvalue weighted by atomic mass is 10.1. The first kappa shape index (κ1) is 21.3. The normalized spacial score (nSPS) is 17.8. The Hall–Kier alpha value is -1.40. The molecule has 28 heavy (non-hydrogen) atoms. The Balaban J connectivity index is 1.57. The topological polar surface area (TPSA) is 41.9 Å². The van der Waals surface area contributed by atoms with Crippen LogP contribution in [-0.2, 0) is 17.7 Å². The lowest BCUT2D eigenvalue weighted by Crippen LogP contribution is -2.39. The number of aliphatic hydroxyl groups is 1. The van der Waals surface area contributed by atoms with Gasteiger partial charge in [0, 0.05) is 26.2 Å². The Bertz CT molecular complexity index is 716. The molecule has 0 spiro atoms. The van der Waals surface area contributed by atoms with Gasteiger partial charge in [0.1, 0.15) is 18.5 Å². The third-order valence-electron chi connectivity index (χ3n) is 5.06. The van der Waals surface area contributed by atoms with E-state index in [0.717, 1.165) is 49.2 Å². The maximum Gasteiger partial charge on any atom is 0.133 e. The van der Waals surface area contributed by atoms with Crippen LogP contribution in [0.1, 0.15) is 30.9 Å². The third-order valence-corrected chi connectivity index (χ3v) is 5.72. The number of hydrogen-bond acceptors (Lipinski definition) is 4. The molecular formula is C23H30BrNO3. The van der Waals surface area contributed by atoms with Crippen molar-refractivity contribution in [2.24, 2.45) is 0 Å². The molecule has 5 heteroatoms. The van der Waals surface area contributed by atoms with Crippen LogP contribution in [0.5, 0.6) is 5.75 Å². The molecular weight excluding hydrogens is 418 g/mol. The molecule has 1 fully saturated rings. The highest BCUT2D eigenvalue weighted by Gasteiger charge is 2.21. The molecule has 1 heterocycles. The summed E-state index contributed by atoms with van der Waals surface area (Å²) in [5.41, 5.74) is 2.60. The Kier molecular flexibility index (Phi) is 8.34. The third kappa shape index (κ3) is 6.59. The Morgan fingerprint density at radius 2 is 1.93 bits per heavy atom. The smallest absolute Gasteiger partial charge is 0.133 e. The maximum atomic E-state index is 10.6. The van der Waals surface area contributed by atoms with Crippen molar-refractivity contribution in [1.29, 1.82) is 0 Å². The van der Waals surface area contributed by atoms with Crippen LogP contribution >= 0.6 is 15.9 Å². The minimum Gasteiger partial charge on any atom is -0.490 e. The number of ether oxygens (including phenoxy) is 2. The average Bonchev–Trinajstić information content (AvgIpc) is 3.21. The summed E-state index contributed by atoms with van der Waals surface area (Å²) in [4.78, 5) is 2.28. The molecule has 1 aliphatic rings. The summed E-state index contributed by atoms with van der Waals surface area (Å²) in [5.74, 6) is 0.752. The second kappa shape index (κ2) is 11.0. The van der Waals surface area contributed by atoms with Gasteiger partial charge in [0.25, 0.3) is 0 Å². The number of rotatable bonds is 10. The van der Waals surface area contributed by atoms with Gasteiger partial charge in [-0.3, -0.25) is 4.90 Å². The highest BCUT2D eigenvalue weighted by molar-refractivity contribution is 9.10. The Labute approximate surface area is 176 Å². The molecule has 2 aromatic carbocycles. The molecule has 1 saturated heterocycles. The minimum absolute atomic E-state index is 0.256. The second-order valence-corrected chi connectivity index (χ2v) is 8.25. The number of hydrogen-bond donors (Lipinski definition) is 1. The van der Waals surface area contributed by atoms with E-state index in [1.165, 1.54) is 11.1 Å². The monoisotopic (exact) mass is 447 g/mol. The molecule has 152 valence electrons. The number of aryl methyl sites for hydroxylation is 1. The number of nitrogens with zero attached hydrogens (tertiary/aromatic N) is 1. The first-order chi connectivity index (χ1) is 13.6. The lowest BCUT2D eigenvalue weighted by molar-refractivity contribution is 0.0312. The van der Waals surface area contributed by atoms with Gasteiger partial charge >= 0.3 is 0 Å². The zero-order valence-corrected chi connectivity index (χ0v) is 18.1. The van der Waals surface area contributed by atoms with Crippen LogP contribution in [0.15, 0.2) is 53.0 Å². The van der Waals surface area contributed by atoms with Gasteiger partial charge in [-0.15, -0.1) is 0 Å². The molecule has 0 amide bonds. The van der Waals surface area contributed by atoms with E-state index >= 15 is 0 Å². The number of aliphatic hydroxyl groups excluding tert-OH is 1. The second-order valence-electron chi connectivity index (χ2n) is 7.39. The molecule has 0 aromatic heterocycles. The van der Waals surface area contributed by atoms with Crippen LogP contribution in [0, 0.1) is 0 Å². The van der Waals surface area contributed by atoms with Crippen molar-refractivity contribution in [3.05, 3.63) is 64.1 Å². The van der Waals surface area contributed by atoms with Gasteiger partial charge in [0.2, 0.25) is 0 Å². The summed E-state index contributed by atoms with van der Waals surface area (Å²) in [7, 11) is 0. The van der Waals surface area contributed by atoms with E-state index in [1.54, 1.807) is 0 Å². The summed E-state index contributed by atoms with van der Waals surface area (Å²) >= 11 is 3.48. The molecule has 0 saturated carbocycles. The van der Waals surface area contributed by atoms with Crippen LogP contribution in [0.3, 0.4) is 0 Å². The minimum atomic E-state index is -0.566. The number of benzene rings is 2. The molecule has 1 N–H and O–H groups in total. The van der Waals surface area contributed by atoms with Crippen molar-refractivity contribution in [3.8, 4) is 5.75 Å². The predicted molar refractivity (Wildman–Crippen MR) is 116 cm³/mol. The quantitative estimate of drug-likeness (QED) is 0.584.